The Balaban J connectivity index is 2.15. The molecule has 2 rings (SSSR count). The Labute approximate surface area is 115 Å². The van der Waals surface area contributed by atoms with Gasteiger partial charge in [-0.2, -0.15) is 0 Å². The lowest BCUT2D eigenvalue weighted by Crippen LogP contribution is -2.09. The molecule has 0 saturated carbocycles. The molecule has 0 spiro atoms. The molecule has 6 heteroatoms. The van der Waals surface area contributed by atoms with E-state index in [0.717, 1.165) is 11.4 Å². The van der Waals surface area contributed by atoms with Gasteiger partial charge >= 0.3 is 0 Å². The molecule has 0 bridgehead atoms. The summed E-state index contributed by atoms with van der Waals surface area (Å²) >= 11 is 5.85. The zero-order chi connectivity index (χ0) is 13.8. The highest BCUT2D eigenvalue weighted by Gasteiger charge is 2.06. The van der Waals surface area contributed by atoms with Crippen molar-refractivity contribution in [3.8, 4) is 5.75 Å². The smallest absolute Gasteiger partial charge is 0.271 e. The summed E-state index contributed by atoms with van der Waals surface area (Å²) in [5, 5.41) is 3.01. The van der Waals surface area contributed by atoms with Crippen molar-refractivity contribution in [2.24, 2.45) is 0 Å². The van der Waals surface area contributed by atoms with Gasteiger partial charge in [0.15, 0.2) is 5.82 Å². The van der Waals surface area contributed by atoms with Crippen molar-refractivity contribution in [1.29, 1.82) is 0 Å². The maximum absolute atomic E-state index is 11.3. The van der Waals surface area contributed by atoms with Crippen LogP contribution in [0.15, 0.2) is 35.4 Å². The highest BCUT2D eigenvalue weighted by Crippen LogP contribution is 2.22. The lowest BCUT2D eigenvalue weighted by molar-refractivity contribution is 0.242. The van der Waals surface area contributed by atoms with E-state index in [1.165, 1.54) is 6.33 Å². The molecule has 2 N–H and O–H groups in total. The third-order valence-corrected chi connectivity index (χ3v) is 2.64. The SMILES string of the molecule is CC(C)Oc1ccc(Nc2nc[nH]c(=O)c2Cl)cc1. The number of hydrogen-bond donors (Lipinski definition) is 2. The number of ether oxygens (including phenoxy) is 1. The van der Waals surface area contributed by atoms with Gasteiger partial charge in [-0.25, -0.2) is 4.98 Å². The third kappa shape index (κ3) is 3.48. The number of nitrogens with one attached hydrogen (secondary N) is 2. The number of nitrogens with zero attached hydrogens (tertiary/aromatic N) is 1. The number of anilines is 2. The number of halogens is 1. The van der Waals surface area contributed by atoms with Gasteiger partial charge in [0.05, 0.1) is 12.4 Å². The average molecular weight is 280 g/mol. The summed E-state index contributed by atoms with van der Waals surface area (Å²) in [6, 6.07) is 7.33. The fourth-order valence-corrected chi connectivity index (χ4v) is 1.65. The summed E-state index contributed by atoms with van der Waals surface area (Å²) in [5.41, 5.74) is 0.398. The van der Waals surface area contributed by atoms with Gasteiger partial charge in [-0.05, 0) is 38.1 Å². The molecule has 0 aliphatic carbocycles. The van der Waals surface area contributed by atoms with E-state index in [1.54, 1.807) is 0 Å². The second-order valence-corrected chi connectivity index (χ2v) is 4.59. The van der Waals surface area contributed by atoms with Gasteiger partial charge in [-0.1, -0.05) is 11.6 Å². The normalized spacial score (nSPS) is 10.5. The third-order valence-electron chi connectivity index (χ3n) is 2.29. The number of hydrogen-bond acceptors (Lipinski definition) is 4. The van der Waals surface area contributed by atoms with Gasteiger partial charge in [-0.3, -0.25) is 4.79 Å². The van der Waals surface area contributed by atoms with Gasteiger partial charge in [-0.15, -0.1) is 0 Å². The standard InChI is InChI=1S/C13H14ClN3O2/c1-8(2)19-10-5-3-9(4-6-10)17-12-11(14)13(18)16-7-15-12/h3-8H,1-2H3,(H2,15,16,17,18). The molecule has 1 heterocycles. The highest BCUT2D eigenvalue weighted by molar-refractivity contribution is 6.32. The van der Waals surface area contributed by atoms with Crippen molar-refractivity contribution < 1.29 is 4.74 Å². The van der Waals surface area contributed by atoms with Crippen molar-refractivity contribution in [1.82, 2.24) is 9.97 Å². The summed E-state index contributed by atoms with van der Waals surface area (Å²) in [6.07, 6.45) is 1.43. The van der Waals surface area contributed by atoms with E-state index < -0.39 is 0 Å². The first kappa shape index (κ1) is 13.4. The molecule has 0 amide bonds. The van der Waals surface area contributed by atoms with Crippen molar-refractivity contribution in [3.63, 3.8) is 0 Å². The van der Waals surface area contributed by atoms with Crippen LogP contribution in [0.1, 0.15) is 13.8 Å². The summed E-state index contributed by atoms with van der Waals surface area (Å²) in [6.45, 7) is 3.93. The monoisotopic (exact) mass is 279 g/mol. The fraction of sp³-hybridized carbons (Fsp3) is 0.231. The summed E-state index contributed by atoms with van der Waals surface area (Å²) in [7, 11) is 0. The van der Waals surface area contributed by atoms with E-state index >= 15 is 0 Å². The van der Waals surface area contributed by atoms with Crippen LogP contribution in [0.2, 0.25) is 5.02 Å². The number of aromatic amines is 1. The maximum atomic E-state index is 11.3. The number of rotatable bonds is 4. The Morgan fingerprint density at radius 2 is 2.00 bits per heavy atom. The maximum Gasteiger partial charge on any atom is 0.271 e. The van der Waals surface area contributed by atoms with Gasteiger partial charge in [0, 0.05) is 5.69 Å². The molecule has 0 radical (unpaired) electrons. The Morgan fingerprint density at radius 3 is 2.63 bits per heavy atom. The fourth-order valence-electron chi connectivity index (χ4n) is 1.50. The minimum atomic E-state index is -0.376. The van der Waals surface area contributed by atoms with Crippen LogP contribution in [0.3, 0.4) is 0 Å². The molecule has 0 saturated heterocycles. The van der Waals surface area contributed by atoms with Crippen LogP contribution >= 0.6 is 11.6 Å². The number of benzene rings is 1. The first-order valence-electron chi connectivity index (χ1n) is 5.83. The molecule has 100 valence electrons. The first-order valence-corrected chi connectivity index (χ1v) is 6.21. The van der Waals surface area contributed by atoms with E-state index in [-0.39, 0.29) is 16.7 Å². The molecule has 19 heavy (non-hydrogen) atoms. The van der Waals surface area contributed by atoms with Crippen molar-refractivity contribution in [2.45, 2.75) is 20.0 Å². The lowest BCUT2D eigenvalue weighted by atomic mass is 10.3. The molecule has 0 aliphatic heterocycles. The summed E-state index contributed by atoms with van der Waals surface area (Å²) in [5.74, 6) is 1.11. The second-order valence-electron chi connectivity index (χ2n) is 4.21. The molecule has 0 aliphatic rings. The Kier molecular flexibility index (Phi) is 4.06. The van der Waals surface area contributed by atoms with Crippen LogP contribution in [0.25, 0.3) is 0 Å². The minimum Gasteiger partial charge on any atom is -0.491 e. The van der Waals surface area contributed by atoms with E-state index in [4.69, 9.17) is 16.3 Å². The predicted octanol–water partition coefficient (Wildman–Crippen LogP) is 2.95. The molecule has 0 atom stereocenters. The van der Waals surface area contributed by atoms with Crippen LogP contribution < -0.4 is 15.6 Å². The second kappa shape index (κ2) is 5.75. The van der Waals surface area contributed by atoms with Crippen LogP contribution in [0.4, 0.5) is 11.5 Å². The molecule has 2 aromatic rings. The average Bonchev–Trinajstić information content (AvgIpc) is 2.37. The van der Waals surface area contributed by atoms with Gasteiger partial charge < -0.3 is 15.0 Å². The summed E-state index contributed by atoms with van der Waals surface area (Å²) in [4.78, 5) is 17.7. The Morgan fingerprint density at radius 1 is 1.32 bits per heavy atom. The van der Waals surface area contributed by atoms with E-state index in [2.05, 4.69) is 15.3 Å². The van der Waals surface area contributed by atoms with Crippen molar-refractivity contribution >= 4 is 23.1 Å². The predicted molar refractivity (Wildman–Crippen MR) is 75.4 cm³/mol. The minimum absolute atomic E-state index is 0.0324. The van der Waals surface area contributed by atoms with Crippen molar-refractivity contribution in [3.05, 3.63) is 46.0 Å². The molecule has 5 nitrogen and oxygen atoms in total. The molecule has 1 aromatic carbocycles. The molecule has 0 fully saturated rings. The largest absolute Gasteiger partial charge is 0.491 e. The zero-order valence-corrected chi connectivity index (χ0v) is 11.4. The number of H-pyrrole nitrogens is 1. The first-order chi connectivity index (χ1) is 9.06. The molecule has 0 unspecified atom stereocenters. The molecular weight excluding hydrogens is 266 g/mol. The van der Waals surface area contributed by atoms with Crippen LogP contribution in [-0.2, 0) is 0 Å². The van der Waals surface area contributed by atoms with E-state index in [1.807, 2.05) is 38.1 Å². The summed E-state index contributed by atoms with van der Waals surface area (Å²) < 4.78 is 5.54. The molecule has 1 aromatic heterocycles. The molecular formula is C13H14ClN3O2. The van der Waals surface area contributed by atoms with Crippen LogP contribution in [-0.4, -0.2) is 16.1 Å². The van der Waals surface area contributed by atoms with Crippen LogP contribution in [0, 0.1) is 0 Å². The highest BCUT2D eigenvalue weighted by atomic mass is 35.5. The van der Waals surface area contributed by atoms with Crippen LogP contribution in [0.5, 0.6) is 5.75 Å². The quantitative estimate of drug-likeness (QED) is 0.903. The van der Waals surface area contributed by atoms with Gasteiger partial charge in [0.2, 0.25) is 0 Å². The zero-order valence-electron chi connectivity index (χ0n) is 10.6. The lowest BCUT2D eigenvalue weighted by Gasteiger charge is -2.11. The topological polar surface area (TPSA) is 67.0 Å². The Bertz CT molecular complexity index is 608. The van der Waals surface area contributed by atoms with E-state index in [9.17, 15) is 4.79 Å². The van der Waals surface area contributed by atoms with Crippen molar-refractivity contribution in [2.75, 3.05) is 5.32 Å². The Hall–Kier alpha value is -2.01. The number of aromatic nitrogens is 2. The van der Waals surface area contributed by atoms with E-state index in [0.29, 0.717) is 5.82 Å². The van der Waals surface area contributed by atoms with Gasteiger partial charge in [0.25, 0.3) is 5.56 Å². The van der Waals surface area contributed by atoms with Gasteiger partial charge in [0.1, 0.15) is 10.8 Å².